The number of fused-ring (bicyclic) bond motifs is 1. The molecule has 12 heteroatoms. The molecule has 5 rings (SSSR count). The number of piperidine rings is 1. The van der Waals surface area contributed by atoms with E-state index in [2.05, 4.69) is 15.0 Å². The van der Waals surface area contributed by atoms with Crippen LogP contribution in [0.4, 0.5) is 5.95 Å². The van der Waals surface area contributed by atoms with Crippen molar-refractivity contribution in [2.45, 2.75) is 75.6 Å². The Morgan fingerprint density at radius 1 is 1.17 bits per heavy atom. The lowest BCUT2D eigenvalue weighted by Crippen LogP contribution is -2.50. The average Bonchev–Trinajstić information content (AvgIpc) is 3.18. The van der Waals surface area contributed by atoms with Crippen LogP contribution in [0.2, 0.25) is 0 Å². The van der Waals surface area contributed by atoms with Gasteiger partial charge in [0.1, 0.15) is 5.65 Å². The quantitative estimate of drug-likeness (QED) is 0.522. The maximum absolute atomic E-state index is 13.2. The highest BCUT2D eigenvalue weighted by Gasteiger charge is 2.39. The van der Waals surface area contributed by atoms with Crippen LogP contribution in [0.5, 0.6) is 0 Å². The summed E-state index contributed by atoms with van der Waals surface area (Å²) in [5.74, 6) is 0.451. The van der Waals surface area contributed by atoms with Crippen molar-refractivity contribution < 1.29 is 14.1 Å². The van der Waals surface area contributed by atoms with Crippen LogP contribution < -0.4 is 15.6 Å². The summed E-state index contributed by atoms with van der Waals surface area (Å²) < 4.78 is 25.2. The maximum atomic E-state index is 13.2. The molecule has 1 saturated carbocycles. The maximum Gasteiger partial charge on any atom is 0.252 e. The van der Waals surface area contributed by atoms with E-state index in [-0.39, 0.29) is 23.7 Å². The molecule has 2 aromatic rings. The Bertz CT molecular complexity index is 1220. The number of rotatable bonds is 6. The minimum Gasteiger partial charge on any atom is -0.388 e. The summed E-state index contributed by atoms with van der Waals surface area (Å²) in [4.78, 5) is 22.0. The summed E-state index contributed by atoms with van der Waals surface area (Å²) in [6, 6.07) is 3.17. The molecule has 0 aromatic carbocycles. The highest BCUT2D eigenvalue weighted by molar-refractivity contribution is 8.30. The molecule has 3 N–H and O–H groups in total. The molecule has 3 fully saturated rings. The summed E-state index contributed by atoms with van der Waals surface area (Å²) in [5.41, 5.74) is -0.576. The summed E-state index contributed by atoms with van der Waals surface area (Å²) in [5, 5.41) is 15.0. The molecule has 10 nitrogen and oxygen atoms in total. The topological polar surface area (TPSA) is 122 Å². The molecule has 35 heavy (non-hydrogen) atoms. The Kier molecular flexibility index (Phi) is 7.12. The van der Waals surface area contributed by atoms with Gasteiger partial charge in [0.15, 0.2) is 8.86 Å². The second-order valence-electron chi connectivity index (χ2n) is 10.1. The van der Waals surface area contributed by atoms with Crippen molar-refractivity contribution >= 4 is 37.0 Å². The van der Waals surface area contributed by atoms with Gasteiger partial charge in [0.2, 0.25) is 5.95 Å². The van der Waals surface area contributed by atoms with Gasteiger partial charge in [0, 0.05) is 67.2 Å². The van der Waals surface area contributed by atoms with Gasteiger partial charge in [-0.2, -0.15) is 4.98 Å². The molecule has 0 radical (unpaired) electrons. The van der Waals surface area contributed by atoms with Crippen LogP contribution in [0.25, 0.3) is 11.0 Å². The van der Waals surface area contributed by atoms with E-state index in [4.69, 9.17) is 20.9 Å². The molecule has 2 aromatic heterocycles. The molecular formula is C23H34N6O4S2. The lowest BCUT2D eigenvalue weighted by Gasteiger charge is -2.35. The lowest BCUT2D eigenvalue weighted by atomic mass is 10.00. The van der Waals surface area contributed by atoms with E-state index < -0.39 is 14.5 Å². The predicted octanol–water partition coefficient (Wildman–Crippen LogP) is 1.49. The fourth-order valence-electron chi connectivity index (χ4n) is 5.47. The number of nitrogens with zero attached hydrogens (tertiary/aromatic N) is 4. The molecule has 4 heterocycles. The summed E-state index contributed by atoms with van der Waals surface area (Å²) >= 11 is 5.47. The first-order chi connectivity index (χ1) is 16.7. The van der Waals surface area contributed by atoms with E-state index in [1.54, 1.807) is 23.8 Å². The molecule has 0 bridgehead atoms. The van der Waals surface area contributed by atoms with Gasteiger partial charge in [0.05, 0.1) is 11.6 Å². The minimum absolute atomic E-state index is 0.107. The number of aliphatic hydroxyl groups is 1. The van der Waals surface area contributed by atoms with Crippen molar-refractivity contribution in [2.24, 2.45) is 0 Å². The normalized spacial score (nSPS) is 28.8. The van der Waals surface area contributed by atoms with Gasteiger partial charge < -0.3 is 15.2 Å². The van der Waals surface area contributed by atoms with Crippen LogP contribution in [-0.2, 0) is 24.8 Å². The largest absolute Gasteiger partial charge is 0.388 e. The van der Waals surface area contributed by atoms with Crippen molar-refractivity contribution in [3.8, 4) is 0 Å². The zero-order valence-corrected chi connectivity index (χ0v) is 21.7. The van der Waals surface area contributed by atoms with Gasteiger partial charge in [-0.3, -0.25) is 9.36 Å². The van der Waals surface area contributed by atoms with Crippen molar-refractivity contribution in [1.82, 2.24) is 23.6 Å². The Morgan fingerprint density at radius 2 is 1.91 bits per heavy atom. The SMILES string of the molecule is C[C@@]1(O)CCC[C@H]1n1c(=O)ccc2cnc(NC3CCN(S(=O)(=S)NC4CCOCC4)CC3)nc21. The van der Waals surface area contributed by atoms with E-state index in [1.165, 1.54) is 6.07 Å². The first-order valence-electron chi connectivity index (χ1n) is 12.5. The number of hydrogen-bond donors (Lipinski definition) is 3. The van der Waals surface area contributed by atoms with Crippen molar-refractivity contribution in [1.29, 1.82) is 0 Å². The molecule has 192 valence electrons. The van der Waals surface area contributed by atoms with Crippen LogP contribution in [0.15, 0.2) is 23.1 Å². The fourth-order valence-corrected chi connectivity index (χ4v) is 7.82. The van der Waals surface area contributed by atoms with Crippen molar-refractivity contribution in [2.75, 3.05) is 31.6 Å². The zero-order chi connectivity index (χ0) is 24.6. The molecule has 3 atom stereocenters. The number of anilines is 1. The molecule has 3 aliphatic rings. The third kappa shape index (κ3) is 5.37. The Hall–Kier alpha value is -1.70. The highest BCUT2D eigenvalue weighted by atomic mass is 32.8. The van der Waals surface area contributed by atoms with E-state index in [9.17, 15) is 14.1 Å². The van der Waals surface area contributed by atoms with Crippen molar-refractivity contribution in [3.05, 3.63) is 28.7 Å². The molecule has 0 spiro atoms. The third-order valence-corrected chi connectivity index (χ3v) is 10.1. The third-order valence-electron chi connectivity index (χ3n) is 7.52. The zero-order valence-electron chi connectivity index (χ0n) is 20.0. The Morgan fingerprint density at radius 3 is 2.60 bits per heavy atom. The van der Waals surface area contributed by atoms with Crippen LogP contribution in [0.1, 0.15) is 57.9 Å². The Balaban J connectivity index is 1.28. The second-order valence-corrected chi connectivity index (χ2v) is 13.2. The number of pyridine rings is 1. The smallest absolute Gasteiger partial charge is 0.252 e. The van der Waals surface area contributed by atoms with Gasteiger partial charge >= 0.3 is 0 Å². The van der Waals surface area contributed by atoms with Gasteiger partial charge in [-0.05, 0) is 57.9 Å². The minimum atomic E-state index is -2.70. The number of hydrogen-bond acceptors (Lipinski definition) is 8. The second kappa shape index (κ2) is 9.98. The monoisotopic (exact) mass is 522 g/mol. The van der Waals surface area contributed by atoms with Crippen LogP contribution in [-0.4, -0.2) is 72.1 Å². The molecule has 2 aliphatic heterocycles. The predicted molar refractivity (Wildman–Crippen MR) is 138 cm³/mol. The summed E-state index contributed by atoms with van der Waals surface area (Å²) in [6.07, 6.45) is 7.13. The van der Waals surface area contributed by atoms with Crippen LogP contribution in [0.3, 0.4) is 0 Å². The fraction of sp³-hybridized carbons (Fsp3) is 0.696. The molecule has 2 saturated heterocycles. The van der Waals surface area contributed by atoms with Gasteiger partial charge in [-0.25, -0.2) is 18.2 Å². The van der Waals surface area contributed by atoms with Gasteiger partial charge in [-0.15, -0.1) is 0 Å². The number of aromatic nitrogens is 3. The van der Waals surface area contributed by atoms with Gasteiger partial charge in [0.25, 0.3) is 5.56 Å². The average molecular weight is 523 g/mol. The molecular weight excluding hydrogens is 488 g/mol. The summed E-state index contributed by atoms with van der Waals surface area (Å²) in [7, 11) is -2.70. The van der Waals surface area contributed by atoms with E-state index in [1.807, 2.05) is 4.31 Å². The standard InChI is InChI=1S/C23H34N6O4S2/c1-23(31)10-2-3-19(23)29-20(30)5-4-16-15-24-22(26-21(16)29)25-17-6-11-28(12-7-17)35(32,34)27-18-8-13-33-14-9-18/h4-5,15,17-19,27,31H,2-3,6-14H2,1H3,(H,24,25,26)/t19-,23-,35?/m1/s1. The summed E-state index contributed by atoms with van der Waals surface area (Å²) in [6.45, 7) is 4.36. The highest BCUT2D eigenvalue weighted by Crippen LogP contribution is 2.39. The Labute approximate surface area is 210 Å². The molecule has 0 amide bonds. The van der Waals surface area contributed by atoms with E-state index in [0.717, 1.165) is 43.9 Å². The number of nitrogens with one attached hydrogen (secondary N) is 2. The molecule has 1 unspecified atom stereocenters. The first-order valence-corrected chi connectivity index (χ1v) is 14.9. The number of ether oxygens (including phenoxy) is 1. The van der Waals surface area contributed by atoms with E-state index in [0.29, 0.717) is 44.3 Å². The molecule has 1 aliphatic carbocycles. The van der Waals surface area contributed by atoms with E-state index >= 15 is 0 Å². The first kappa shape index (κ1) is 25.0. The van der Waals surface area contributed by atoms with Crippen LogP contribution >= 0.6 is 0 Å². The lowest BCUT2D eigenvalue weighted by molar-refractivity contribution is 0.0267. The van der Waals surface area contributed by atoms with Gasteiger partial charge in [-0.1, -0.05) is 0 Å². The van der Waals surface area contributed by atoms with Crippen LogP contribution in [0, 0.1) is 0 Å². The van der Waals surface area contributed by atoms with Crippen molar-refractivity contribution in [3.63, 3.8) is 0 Å².